The lowest BCUT2D eigenvalue weighted by Crippen LogP contribution is -2.35. The van der Waals surface area contributed by atoms with Crippen LogP contribution < -0.4 is 4.90 Å². The molecule has 0 aliphatic heterocycles. The van der Waals surface area contributed by atoms with Gasteiger partial charge in [0.2, 0.25) is 0 Å². The molecule has 0 saturated heterocycles. The molecule has 9 aromatic rings. The Bertz CT molecular complexity index is 3430. The lowest BCUT2D eigenvalue weighted by atomic mass is 9.63. The number of para-hydroxylation sites is 2. The van der Waals surface area contributed by atoms with E-state index in [2.05, 4.69) is 241 Å². The molecule has 13 rings (SSSR count). The van der Waals surface area contributed by atoms with E-state index in [1.54, 1.807) is 0 Å². The van der Waals surface area contributed by atoms with Crippen molar-refractivity contribution in [2.75, 3.05) is 4.90 Å². The van der Waals surface area contributed by atoms with Gasteiger partial charge in [0.15, 0.2) is 0 Å². The lowest BCUT2D eigenvalue weighted by molar-refractivity contribution is 0.477. The molecule has 0 radical (unpaired) electrons. The van der Waals surface area contributed by atoms with Crippen LogP contribution >= 0.6 is 0 Å². The molecular formula is C62H46N2. The predicted octanol–water partition coefficient (Wildman–Crippen LogP) is 15.9. The highest BCUT2D eigenvalue weighted by molar-refractivity contribution is 6.10. The SMILES string of the molecule is CC1C=CC2=C(C1)c1ccccc1C21c2ccccc2C2=CC=C(N(c3ccc(-c4ccccc4)cc3)c3ccc(-c4ccc5c(c4)c4ccccc4n5-c4ccccc4)cc3)CC21. The fourth-order valence-electron chi connectivity index (χ4n) is 11.9. The highest BCUT2D eigenvalue weighted by atomic mass is 15.1. The van der Waals surface area contributed by atoms with Crippen molar-refractivity contribution in [3.63, 3.8) is 0 Å². The largest absolute Gasteiger partial charge is 0.314 e. The minimum absolute atomic E-state index is 0.242. The van der Waals surface area contributed by atoms with Crippen LogP contribution in [0.15, 0.2) is 236 Å². The number of benzene rings is 8. The molecule has 8 aromatic carbocycles. The summed E-state index contributed by atoms with van der Waals surface area (Å²) in [6.45, 7) is 2.36. The molecule has 4 aliphatic carbocycles. The third-order valence-corrected chi connectivity index (χ3v) is 14.6. The minimum Gasteiger partial charge on any atom is -0.314 e. The van der Waals surface area contributed by atoms with Crippen molar-refractivity contribution in [2.24, 2.45) is 11.8 Å². The second-order valence-corrected chi connectivity index (χ2v) is 18.1. The molecule has 0 amide bonds. The van der Waals surface area contributed by atoms with Gasteiger partial charge in [-0.05, 0) is 141 Å². The van der Waals surface area contributed by atoms with E-state index in [1.807, 2.05) is 0 Å². The number of rotatable bonds is 6. The van der Waals surface area contributed by atoms with Crippen molar-refractivity contribution < 1.29 is 0 Å². The van der Waals surface area contributed by atoms with Gasteiger partial charge < -0.3 is 9.47 Å². The highest BCUT2D eigenvalue weighted by Crippen LogP contribution is 2.66. The van der Waals surface area contributed by atoms with E-state index in [1.165, 1.54) is 94.4 Å². The Kier molecular flexibility index (Phi) is 8.33. The van der Waals surface area contributed by atoms with Crippen molar-refractivity contribution in [2.45, 2.75) is 25.2 Å². The Morgan fingerprint density at radius 1 is 0.500 bits per heavy atom. The van der Waals surface area contributed by atoms with E-state index in [0.717, 1.165) is 24.2 Å². The average Bonchev–Trinajstić information content (AvgIpc) is 3.96. The maximum Gasteiger partial charge on any atom is 0.0541 e. The summed E-state index contributed by atoms with van der Waals surface area (Å²) < 4.78 is 2.38. The van der Waals surface area contributed by atoms with Crippen LogP contribution in [0.1, 0.15) is 42.0 Å². The average molecular weight is 819 g/mol. The quantitative estimate of drug-likeness (QED) is 0.162. The van der Waals surface area contributed by atoms with Gasteiger partial charge in [0.25, 0.3) is 0 Å². The molecule has 0 saturated carbocycles. The lowest BCUT2D eigenvalue weighted by Gasteiger charge is -2.40. The number of hydrogen-bond donors (Lipinski definition) is 0. The second kappa shape index (κ2) is 14.4. The zero-order chi connectivity index (χ0) is 42.4. The normalized spacial score (nSPS) is 19.3. The van der Waals surface area contributed by atoms with E-state index in [-0.39, 0.29) is 11.3 Å². The van der Waals surface area contributed by atoms with Gasteiger partial charge in [0.1, 0.15) is 0 Å². The molecule has 3 unspecified atom stereocenters. The molecule has 1 heterocycles. The molecule has 1 aromatic heterocycles. The summed E-state index contributed by atoms with van der Waals surface area (Å²) in [5, 5.41) is 2.52. The first-order valence-corrected chi connectivity index (χ1v) is 22.8. The van der Waals surface area contributed by atoms with Crippen molar-refractivity contribution in [3.05, 3.63) is 258 Å². The molecule has 64 heavy (non-hydrogen) atoms. The van der Waals surface area contributed by atoms with E-state index in [9.17, 15) is 0 Å². The fraction of sp³-hybridized carbons (Fsp3) is 0.0968. The van der Waals surface area contributed by atoms with Gasteiger partial charge in [-0.3, -0.25) is 0 Å². The number of allylic oxidation sites excluding steroid dienone is 8. The van der Waals surface area contributed by atoms with Crippen LogP contribution in [0, 0.1) is 11.8 Å². The van der Waals surface area contributed by atoms with Crippen LogP contribution in [0.2, 0.25) is 0 Å². The third-order valence-electron chi connectivity index (χ3n) is 14.6. The highest BCUT2D eigenvalue weighted by Gasteiger charge is 2.57. The van der Waals surface area contributed by atoms with E-state index in [4.69, 9.17) is 0 Å². The van der Waals surface area contributed by atoms with Crippen LogP contribution in [0.25, 0.3) is 60.9 Å². The molecule has 2 nitrogen and oxygen atoms in total. The predicted molar refractivity (Wildman–Crippen MR) is 268 cm³/mol. The summed E-state index contributed by atoms with van der Waals surface area (Å²) in [5.41, 5.74) is 22.1. The summed E-state index contributed by atoms with van der Waals surface area (Å²) in [6, 6.07) is 74.2. The minimum atomic E-state index is -0.251. The first-order chi connectivity index (χ1) is 31.6. The van der Waals surface area contributed by atoms with Gasteiger partial charge in [-0.25, -0.2) is 0 Å². The van der Waals surface area contributed by atoms with Gasteiger partial charge in [-0.15, -0.1) is 0 Å². The zero-order valence-corrected chi connectivity index (χ0v) is 35.8. The molecule has 2 heteroatoms. The van der Waals surface area contributed by atoms with Crippen LogP contribution in [-0.2, 0) is 5.41 Å². The first kappa shape index (κ1) is 36.9. The van der Waals surface area contributed by atoms with Gasteiger partial charge in [-0.2, -0.15) is 0 Å². The molecule has 0 bridgehead atoms. The molecule has 1 spiro atoms. The number of fused-ring (bicyclic) bond motifs is 12. The van der Waals surface area contributed by atoms with Crippen molar-refractivity contribution in [1.82, 2.24) is 4.57 Å². The number of hydrogen-bond acceptors (Lipinski definition) is 1. The Balaban J connectivity index is 0.933. The fourth-order valence-corrected chi connectivity index (χ4v) is 11.9. The maximum atomic E-state index is 2.52. The topological polar surface area (TPSA) is 8.17 Å². The zero-order valence-electron chi connectivity index (χ0n) is 35.8. The summed E-state index contributed by atoms with van der Waals surface area (Å²) in [5.74, 6) is 0.760. The summed E-state index contributed by atoms with van der Waals surface area (Å²) >= 11 is 0. The van der Waals surface area contributed by atoms with E-state index < -0.39 is 0 Å². The van der Waals surface area contributed by atoms with Gasteiger partial charge in [-0.1, -0.05) is 171 Å². The Morgan fingerprint density at radius 2 is 1.08 bits per heavy atom. The van der Waals surface area contributed by atoms with E-state index >= 15 is 0 Å². The van der Waals surface area contributed by atoms with Crippen LogP contribution in [0.4, 0.5) is 11.4 Å². The van der Waals surface area contributed by atoms with Gasteiger partial charge in [0.05, 0.1) is 16.4 Å². The molecule has 3 atom stereocenters. The third kappa shape index (κ3) is 5.45. The Morgan fingerprint density at radius 3 is 1.83 bits per heavy atom. The van der Waals surface area contributed by atoms with Crippen molar-refractivity contribution in [1.29, 1.82) is 0 Å². The monoisotopic (exact) mass is 818 g/mol. The van der Waals surface area contributed by atoms with Crippen LogP contribution in [0.5, 0.6) is 0 Å². The summed E-state index contributed by atoms with van der Waals surface area (Å²) in [4.78, 5) is 2.52. The van der Waals surface area contributed by atoms with Crippen molar-refractivity contribution in [3.8, 4) is 27.9 Å². The van der Waals surface area contributed by atoms with Gasteiger partial charge in [0, 0.05) is 39.4 Å². The molecule has 0 fully saturated rings. The Labute approximate surface area is 375 Å². The molecule has 4 aliphatic rings. The maximum absolute atomic E-state index is 2.52. The molecule has 304 valence electrons. The molecular weight excluding hydrogens is 773 g/mol. The van der Waals surface area contributed by atoms with Crippen LogP contribution in [0.3, 0.4) is 0 Å². The number of aromatic nitrogens is 1. The van der Waals surface area contributed by atoms with Gasteiger partial charge >= 0.3 is 0 Å². The number of anilines is 2. The first-order valence-electron chi connectivity index (χ1n) is 22.8. The summed E-state index contributed by atoms with van der Waals surface area (Å²) in [6.07, 6.45) is 11.8. The standard InChI is InChI=1S/C62H46N2/c1-41-24-36-58-54(38-41)51-19-9-12-22-57(51)62(58)56-21-11-8-18-50(56)52-35-34-49(40-59(52)62)63(47-30-25-43(26-31-47)42-14-4-2-5-15-42)48-32-27-44(28-33-48)45-29-37-61-55(39-45)53-20-10-13-23-60(53)64(61)46-16-6-3-7-17-46/h2-37,39,41,59H,38,40H2,1H3. The van der Waals surface area contributed by atoms with Crippen molar-refractivity contribution >= 4 is 44.3 Å². The molecule has 0 N–H and O–H groups in total. The van der Waals surface area contributed by atoms with E-state index in [0.29, 0.717) is 5.92 Å². The van der Waals surface area contributed by atoms with Crippen LogP contribution in [-0.4, -0.2) is 4.57 Å². The Hall–Kier alpha value is -7.68. The second-order valence-electron chi connectivity index (χ2n) is 18.1. The summed E-state index contributed by atoms with van der Waals surface area (Å²) in [7, 11) is 0. The number of nitrogens with zero attached hydrogens (tertiary/aromatic N) is 2. The smallest absolute Gasteiger partial charge is 0.0541 e.